The molecular formula is C12H16FNO2. The van der Waals surface area contributed by atoms with Crippen molar-refractivity contribution in [3.63, 3.8) is 0 Å². The summed E-state index contributed by atoms with van der Waals surface area (Å²) in [4.78, 5) is 11.0. The third-order valence-electron chi connectivity index (χ3n) is 2.41. The number of carboxylic acid groups (broad SMARTS) is 1. The fourth-order valence-corrected chi connectivity index (χ4v) is 1.43. The lowest BCUT2D eigenvalue weighted by Crippen LogP contribution is -2.34. The van der Waals surface area contributed by atoms with E-state index in [0.29, 0.717) is 11.3 Å². The molecular weight excluding hydrogens is 209 g/mol. The molecule has 1 atom stereocenters. The maximum atomic E-state index is 13.0. The average Bonchev–Trinajstić information content (AvgIpc) is 2.18. The predicted molar refractivity (Wildman–Crippen MR) is 61.0 cm³/mol. The lowest BCUT2D eigenvalue weighted by molar-refractivity contribution is -0.138. The van der Waals surface area contributed by atoms with Crippen LogP contribution in [-0.2, 0) is 4.79 Å². The summed E-state index contributed by atoms with van der Waals surface area (Å²) in [6.07, 6.45) is 0. The predicted octanol–water partition coefficient (Wildman–Crippen LogP) is 2.66. The molecule has 1 rings (SSSR count). The van der Waals surface area contributed by atoms with Crippen molar-refractivity contribution in [3.05, 3.63) is 29.6 Å². The highest BCUT2D eigenvalue weighted by Gasteiger charge is 2.20. The third kappa shape index (κ3) is 2.95. The Morgan fingerprint density at radius 3 is 2.50 bits per heavy atom. The molecule has 0 fully saturated rings. The van der Waals surface area contributed by atoms with Crippen LogP contribution >= 0.6 is 0 Å². The summed E-state index contributed by atoms with van der Waals surface area (Å²) in [5, 5.41) is 11.9. The molecule has 16 heavy (non-hydrogen) atoms. The fourth-order valence-electron chi connectivity index (χ4n) is 1.43. The van der Waals surface area contributed by atoms with E-state index < -0.39 is 12.0 Å². The first kappa shape index (κ1) is 12.5. The fraction of sp³-hybridized carbons (Fsp3) is 0.417. The van der Waals surface area contributed by atoms with Gasteiger partial charge in [-0.15, -0.1) is 0 Å². The monoisotopic (exact) mass is 225 g/mol. The largest absolute Gasteiger partial charge is 0.480 e. The second-order valence-corrected chi connectivity index (χ2v) is 4.17. The number of nitrogens with one attached hydrogen (secondary N) is 1. The molecule has 0 unspecified atom stereocenters. The molecule has 4 heteroatoms. The molecule has 0 heterocycles. The van der Waals surface area contributed by atoms with Crippen LogP contribution in [0.2, 0.25) is 0 Å². The molecule has 0 spiro atoms. The van der Waals surface area contributed by atoms with E-state index in [2.05, 4.69) is 5.32 Å². The zero-order chi connectivity index (χ0) is 12.3. The van der Waals surface area contributed by atoms with Gasteiger partial charge in [-0.1, -0.05) is 13.8 Å². The van der Waals surface area contributed by atoms with E-state index in [1.54, 1.807) is 19.1 Å². The van der Waals surface area contributed by atoms with Gasteiger partial charge < -0.3 is 10.4 Å². The van der Waals surface area contributed by atoms with E-state index in [1.807, 2.05) is 13.8 Å². The van der Waals surface area contributed by atoms with Crippen molar-refractivity contribution in [2.45, 2.75) is 26.8 Å². The van der Waals surface area contributed by atoms with Gasteiger partial charge in [-0.3, -0.25) is 0 Å². The van der Waals surface area contributed by atoms with Crippen LogP contribution in [0.5, 0.6) is 0 Å². The van der Waals surface area contributed by atoms with Gasteiger partial charge in [-0.25, -0.2) is 9.18 Å². The van der Waals surface area contributed by atoms with Crippen LogP contribution < -0.4 is 5.32 Å². The second-order valence-electron chi connectivity index (χ2n) is 4.17. The zero-order valence-electron chi connectivity index (χ0n) is 9.62. The van der Waals surface area contributed by atoms with Crippen molar-refractivity contribution in [1.29, 1.82) is 0 Å². The summed E-state index contributed by atoms with van der Waals surface area (Å²) < 4.78 is 13.0. The van der Waals surface area contributed by atoms with Gasteiger partial charge in [0.15, 0.2) is 0 Å². The van der Waals surface area contributed by atoms with E-state index >= 15 is 0 Å². The zero-order valence-corrected chi connectivity index (χ0v) is 9.62. The number of aryl methyl sites for hydroxylation is 1. The summed E-state index contributed by atoms with van der Waals surface area (Å²) in [6, 6.07) is 3.82. The van der Waals surface area contributed by atoms with Crippen molar-refractivity contribution in [3.8, 4) is 0 Å². The van der Waals surface area contributed by atoms with Gasteiger partial charge in [0.1, 0.15) is 11.9 Å². The maximum absolute atomic E-state index is 13.0. The number of carboxylic acids is 1. The second kappa shape index (κ2) is 4.96. The lowest BCUT2D eigenvalue weighted by atomic mass is 10.0. The Hall–Kier alpha value is -1.58. The van der Waals surface area contributed by atoms with E-state index in [-0.39, 0.29) is 11.7 Å². The first-order valence-electron chi connectivity index (χ1n) is 5.17. The number of benzene rings is 1. The number of hydrogen-bond acceptors (Lipinski definition) is 2. The summed E-state index contributed by atoms with van der Waals surface area (Å²) in [5.74, 6) is -1.23. The molecule has 0 radical (unpaired) electrons. The standard InChI is InChI=1S/C12H16FNO2/c1-7(2)11(12(15)16)14-9-4-5-10(13)8(3)6-9/h4-7,11,14H,1-3H3,(H,15,16)/t11-/m0/s1. The quantitative estimate of drug-likeness (QED) is 0.828. The molecule has 0 aliphatic rings. The molecule has 2 N–H and O–H groups in total. The van der Waals surface area contributed by atoms with Crippen molar-refractivity contribution < 1.29 is 14.3 Å². The van der Waals surface area contributed by atoms with E-state index in [0.717, 1.165) is 0 Å². The molecule has 0 aliphatic carbocycles. The SMILES string of the molecule is Cc1cc(N[C@H](C(=O)O)C(C)C)ccc1F. The Morgan fingerprint density at radius 1 is 1.44 bits per heavy atom. The van der Waals surface area contributed by atoms with Crippen molar-refractivity contribution in [1.82, 2.24) is 0 Å². The Bertz CT molecular complexity index is 391. The van der Waals surface area contributed by atoms with Gasteiger partial charge in [0.2, 0.25) is 0 Å². The number of anilines is 1. The summed E-state index contributed by atoms with van der Waals surface area (Å²) >= 11 is 0. The van der Waals surface area contributed by atoms with Crippen LogP contribution in [0, 0.1) is 18.7 Å². The first-order valence-corrected chi connectivity index (χ1v) is 5.17. The van der Waals surface area contributed by atoms with Gasteiger partial charge in [-0.2, -0.15) is 0 Å². The van der Waals surface area contributed by atoms with Crippen molar-refractivity contribution in [2.75, 3.05) is 5.32 Å². The maximum Gasteiger partial charge on any atom is 0.326 e. The van der Waals surface area contributed by atoms with E-state index in [9.17, 15) is 9.18 Å². The van der Waals surface area contributed by atoms with Gasteiger partial charge in [0.05, 0.1) is 0 Å². The third-order valence-corrected chi connectivity index (χ3v) is 2.41. The van der Waals surface area contributed by atoms with Crippen LogP contribution in [0.3, 0.4) is 0 Å². The molecule has 0 saturated heterocycles. The normalized spacial score (nSPS) is 12.6. The Balaban J connectivity index is 2.86. The number of halogens is 1. The molecule has 3 nitrogen and oxygen atoms in total. The van der Waals surface area contributed by atoms with E-state index in [4.69, 9.17) is 5.11 Å². The molecule has 1 aromatic carbocycles. The number of hydrogen-bond donors (Lipinski definition) is 2. The Labute approximate surface area is 94.3 Å². The summed E-state index contributed by atoms with van der Waals surface area (Å²) in [6.45, 7) is 5.29. The Kier molecular flexibility index (Phi) is 3.88. The highest BCUT2D eigenvalue weighted by atomic mass is 19.1. The van der Waals surface area contributed by atoms with Crippen LogP contribution in [0.25, 0.3) is 0 Å². The van der Waals surface area contributed by atoms with Gasteiger partial charge in [-0.05, 0) is 36.6 Å². The van der Waals surface area contributed by atoms with Crippen molar-refractivity contribution in [2.24, 2.45) is 5.92 Å². The minimum Gasteiger partial charge on any atom is -0.480 e. The Morgan fingerprint density at radius 2 is 2.06 bits per heavy atom. The lowest BCUT2D eigenvalue weighted by Gasteiger charge is -2.19. The number of rotatable bonds is 4. The van der Waals surface area contributed by atoms with Crippen LogP contribution in [-0.4, -0.2) is 17.1 Å². The van der Waals surface area contributed by atoms with Gasteiger partial charge >= 0.3 is 5.97 Å². The molecule has 1 aromatic rings. The smallest absolute Gasteiger partial charge is 0.326 e. The molecule has 0 amide bonds. The van der Waals surface area contributed by atoms with Gasteiger partial charge in [0, 0.05) is 5.69 Å². The summed E-state index contributed by atoms with van der Waals surface area (Å²) in [7, 11) is 0. The van der Waals surface area contributed by atoms with Crippen molar-refractivity contribution >= 4 is 11.7 Å². The van der Waals surface area contributed by atoms with Crippen LogP contribution in [0.1, 0.15) is 19.4 Å². The van der Waals surface area contributed by atoms with Gasteiger partial charge in [0.25, 0.3) is 0 Å². The van der Waals surface area contributed by atoms with Crippen LogP contribution in [0.4, 0.5) is 10.1 Å². The molecule has 88 valence electrons. The van der Waals surface area contributed by atoms with E-state index in [1.165, 1.54) is 6.07 Å². The first-order chi connectivity index (χ1) is 7.41. The molecule has 0 aliphatic heterocycles. The minimum atomic E-state index is -0.906. The average molecular weight is 225 g/mol. The minimum absolute atomic E-state index is 0.0390. The number of aliphatic carboxylic acids is 1. The summed E-state index contributed by atoms with van der Waals surface area (Å²) in [5.41, 5.74) is 1.12. The molecule has 0 saturated carbocycles. The highest BCUT2D eigenvalue weighted by Crippen LogP contribution is 2.16. The highest BCUT2D eigenvalue weighted by molar-refractivity contribution is 5.77. The van der Waals surface area contributed by atoms with Crippen LogP contribution in [0.15, 0.2) is 18.2 Å². The molecule has 0 aromatic heterocycles. The topological polar surface area (TPSA) is 49.3 Å². The molecule has 0 bridgehead atoms. The number of carbonyl (C=O) groups is 1.